The van der Waals surface area contributed by atoms with Crippen molar-refractivity contribution < 1.29 is 14.3 Å². The monoisotopic (exact) mass is 400 g/mol. The Bertz CT molecular complexity index is 781. The Balaban J connectivity index is 2.00. The molecule has 0 radical (unpaired) electrons. The lowest BCUT2D eigenvalue weighted by Gasteiger charge is -2.47. The summed E-state index contributed by atoms with van der Waals surface area (Å²) in [6, 6.07) is 13.8. The summed E-state index contributed by atoms with van der Waals surface area (Å²) in [4.78, 5) is 31.6. The van der Waals surface area contributed by atoms with Crippen molar-refractivity contribution in [1.82, 2.24) is 4.90 Å². The Morgan fingerprint density at radius 1 is 1.14 bits per heavy atom. The van der Waals surface area contributed by atoms with Gasteiger partial charge in [0, 0.05) is 29.7 Å². The van der Waals surface area contributed by atoms with Crippen molar-refractivity contribution in [1.29, 1.82) is 0 Å². The standard InChI is InChI=1S/C22H28N2O3S/c1-17(2)23-13-11-22(12-14-23,21(26)27-3)24(18-8-5-4-6-9-18)20(25)16-19-10-7-15-28-19/h4-10,15,17H,11-14,16H2,1-3H3. The fourth-order valence-corrected chi connectivity index (χ4v) is 4.66. The van der Waals surface area contributed by atoms with Crippen molar-refractivity contribution in [3.63, 3.8) is 0 Å². The summed E-state index contributed by atoms with van der Waals surface area (Å²) in [6.07, 6.45) is 1.39. The van der Waals surface area contributed by atoms with E-state index in [2.05, 4.69) is 18.7 Å². The molecule has 5 nitrogen and oxygen atoms in total. The molecule has 6 heteroatoms. The van der Waals surface area contributed by atoms with Gasteiger partial charge in [0.15, 0.2) is 0 Å². The maximum absolute atomic E-state index is 13.5. The van der Waals surface area contributed by atoms with Crippen LogP contribution in [0.25, 0.3) is 0 Å². The first kappa shape index (κ1) is 20.6. The Hall–Kier alpha value is -2.18. The molecular weight excluding hydrogens is 372 g/mol. The lowest BCUT2D eigenvalue weighted by Crippen LogP contribution is -2.63. The van der Waals surface area contributed by atoms with E-state index in [1.165, 1.54) is 7.11 Å². The molecule has 0 spiro atoms. The molecule has 150 valence electrons. The summed E-state index contributed by atoms with van der Waals surface area (Å²) >= 11 is 1.56. The number of carbonyl (C=O) groups is 2. The van der Waals surface area contributed by atoms with Crippen LogP contribution in [-0.2, 0) is 20.7 Å². The molecule has 0 aliphatic carbocycles. The summed E-state index contributed by atoms with van der Waals surface area (Å²) in [5.41, 5.74) is -0.233. The molecule has 1 aliphatic rings. The SMILES string of the molecule is COC(=O)C1(N(C(=O)Cc2cccs2)c2ccccc2)CCN(C(C)C)CC1. The Kier molecular flexibility index (Phi) is 6.52. The second-order valence-corrected chi connectivity index (χ2v) is 8.51. The number of nitrogens with zero attached hydrogens (tertiary/aromatic N) is 2. The highest BCUT2D eigenvalue weighted by molar-refractivity contribution is 7.10. The Labute approximate surface area is 170 Å². The average Bonchev–Trinajstić information content (AvgIpc) is 3.21. The zero-order valence-corrected chi connectivity index (χ0v) is 17.6. The molecule has 2 aromatic rings. The highest BCUT2D eigenvalue weighted by atomic mass is 32.1. The summed E-state index contributed by atoms with van der Waals surface area (Å²) in [6.45, 7) is 5.81. The van der Waals surface area contributed by atoms with Crippen molar-refractivity contribution in [2.24, 2.45) is 0 Å². The molecular formula is C22H28N2O3S. The molecule has 0 unspecified atom stereocenters. The molecule has 1 aromatic heterocycles. The molecule has 28 heavy (non-hydrogen) atoms. The third kappa shape index (κ3) is 4.13. The third-order valence-electron chi connectivity index (χ3n) is 5.52. The maximum Gasteiger partial charge on any atom is 0.332 e. The van der Waals surface area contributed by atoms with Gasteiger partial charge < -0.3 is 9.64 Å². The molecule has 0 atom stereocenters. The zero-order chi connectivity index (χ0) is 20.1. The van der Waals surface area contributed by atoms with Crippen molar-refractivity contribution in [3.8, 4) is 0 Å². The largest absolute Gasteiger partial charge is 0.467 e. The topological polar surface area (TPSA) is 49.9 Å². The van der Waals surface area contributed by atoms with Gasteiger partial charge in [-0.05, 0) is 50.3 Å². The molecule has 0 bridgehead atoms. The van der Waals surface area contributed by atoms with Crippen LogP contribution in [0.4, 0.5) is 5.69 Å². The van der Waals surface area contributed by atoms with E-state index in [-0.39, 0.29) is 18.3 Å². The Morgan fingerprint density at radius 2 is 1.82 bits per heavy atom. The average molecular weight is 401 g/mol. The minimum Gasteiger partial charge on any atom is -0.467 e. The van der Waals surface area contributed by atoms with Gasteiger partial charge in [0.25, 0.3) is 0 Å². The first-order valence-corrected chi connectivity index (χ1v) is 10.6. The van der Waals surface area contributed by atoms with Crippen LogP contribution in [0.15, 0.2) is 47.8 Å². The molecule has 1 fully saturated rings. The number of esters is 1. The van der Waals surface area contributed by atoms with Crippen LogP contribution in [0.5, 0.6) is 0 Å². The fourth-order valence-electron chi connectivity index (χ4n) is 3.97. The lowest BCUT2D eigenvalue weighted by atomic mass is 9.84. The lowest BCUT2D eigenvalue weighted by molar-refractivity contribution is -0.151. The molecule has 1 aromatic carbocycles. The number of hydrogen-bond acceptors (Lipinski definition) is 5. The van der Waals surface area contributed by atoms with E-state index in [9.17, 15) is 9.59 Å². The maximum atomic E-state index is 13.5. The van der Waals surface area contributed by atoms with Gasteiger partial charge in [0.05, 0.1) is 13.5 Å². The smallest absolute Gasteiger partial charge is 0.332 e. The van der Waals surface area contributed by atoms with Crippen molar-refractivity contribution >= 4 is 28.9 Å². The highest BCUT2D eigenvalue weighted by Crippen LogP contribution is 2.36. The van der Waals surface area contributed by atoms with Gasteiger partial charge in [0.2, 0.25) is 5.91 Å². The Morgan fingerprint density at radius 3 is 2.36 bits per heavy atom. The molecule has 3 rings (SSSR count). The molecule has 0 N–H and O–H groups in total. The van der Waals surface area contributed by atoms with E-state index in [0.717, 1.165) is 23.7 Å². The van der Waals surface area contributed by atoms with E-state index < -0.39 is 5.54 Å². The van der Waals surface area contributed by atoms with Crippen LogP contribution in [0.1, 0.15) is 31.6 Å². The number of thiophene rings is 1. The van der Waals surface area contributed by atoms with Crippen molar-refractivity contribution in [3.05, 3.63) is 52.7 Å². The summed E-state index contributed by atoms with van der Waals surface area (Å²) in [5, 5.41) is 1.96. The summed E-state index contributed by atoms with van der Waals surface area (Å²) in [7, 11) is 1.41. The van der Waals surface area contributed by atoms with Crippen LogP contribution in [-0.4, -0.2) is 48.6 Å². The van der Waals surface area contributed by atoms with Crippen LogP contribution >= 0.6 is 11.3 Å². The number of anilines is 1. The van der Waals surface area contributed by atoms with Gasteiger partial charge in [-0.1, -0.05) is 24.3 Å². The quantitative estimate of drug-likeness (QED) is 0.693. The van der Waals surface area contributed by atoms with Crippen LogP contribution in [0.3, 0.4) is 0 Å². The van der Waals surface area contributed by atoms with Gasteiger partial charge in [-0.3, -0.25) is 9.69 Å². The minimum absolute atomic E-state index is 0.0722. The molecule has 1 aliphatic heterocycles. The van der Waals surface area contributed by atoms with E-state index in [1.54, 1.807) is 16.2 Å². The van der Waals surface area contributed by atoms with Gasteiger partial charge in [-0.25, -0.2) is 4.79 Å². The number of likely N-dealkylation sites (tertiary alicyclic amines) is 1. The van der Waals surface area contributed by atoms with Crippen molar-refractivity contribution in [2.75, 3.05) is 25.1 Å². The predicted octanol–water partition coefficient (Wildman–Crippen LogP) is 3.74. The fraction of sp³-hybridized carbons (Fsp3) is 0.455. The molecule has 0 saturated carbocycles. The van der Waals surface area contributed by atoms with E-state index in [1.807, 2.05) is 47.8 Å². The highest BCUT2D eigenvalue weighted by Gasteiger charge is 2.50. The number of rotatable bonds is 6. The predicted molar refractivity (Wildman–Crippen MR) is 113 cm³/mol. The van der Waals surface area contributed by atoms with E-state index in [0.29, 0.717) is 18.9 Å². The number of piperidine rings is 1. The normalized spacial score (nSPS) is 16.7. The van der Waals surface area contributed by atoms with E-state index >= 15 is 0 Å². The third-order valence-corrected chi connectivity index (χ3v) is 6.39. The number of benzene rings is 1. The number of para-hydroxylation sites is 1. The van der Waals surface area contributed by atoms with Gasteiger partial charge >= 0.3 is 5.97 Å². The second kappa shape index (κ2) is 8.88. The summed E-state index contributed by atoms with van der Waals surface area (Å²) < 4.78 is 5.23. The van der Waals surface area contributed by atoms with E-state index in [4.69, 9.17) is 4.74 Å². The number of hydrogen-bond donors (Lipinski definition) is 0. The number of methoxy groups -OCH3 is 1. The molecule has 1 amide bonds. The minimum atomic E-state index is -0.976. The molecule has 1 saturated heterocycles. The first-order chi connectivity index (χ1) is 13.5. The van der Waals surface area contributed by atoms with Crippen LogP contribution in [0, 0.1) is 0 Å². The number of amides is 1. The van der Waals surface area contributed by atoms with Crippen molar-refractivity contribution in [2.45, 2.75) is 44.7 Å². The summed E-state index contributed by atoms with van der Waals surface area (Å²) in [5.74, 6) is -0.406. The zero-order valence-electron chi connectivity index (χ0n) is 16.8. The van der Waals surface area contributed by atoms with Crippen LogP contribution < -0.4 is 4.90 Å². The van der Waals surface area contributed by atoms with Gasteiger partial charge in [-0.15, -0.1) is 11.3 Å². The number of carbonyl (C=O) groups excluding carboxylic acids is 2. The van der Waals surface area contributed by atoms with Gasteiger partial charge in [0.1, 0.15) is 5.54 Å². The number of ether oxygens (including phenoxy) is 1. The second-order valence-electron chi connectivity index (χ2n) is 7.47. The van der Waals surface area contributed by atoms with Crippen LogP contribution in [0.2, 0.25) is 0 Å². The molecule has 2 heterocycles. The first-order valence-electron chi connectivity index (χ1n) is 9.71. The van der Waals surface area contributed by atoms with Gasteiger partial charge in [-0.2, -0.15) is 0 Å².